The van der Waals surface area contributed by atoms with Crippen molar-refractivity contribution in [3.8, 4) is 0 Å². The van der Waals surface area contributed by atoms with Crippen molar-refractivity contribution in [2.24, 2.45) is 0 Å². The summed E-state index contributed by atoms with van der Waals surface area (Å²) in [4.78, 5) is 14.3. The normalized spacial score (nSPS) is 9.50. The molecule has 1 aromatic carbocycles. The van der Waals surface area contributed by atoms with E-state index in [0.29, 0.717) is 12.1 Å². The van der Waals surface area contributed by atoms with Gasteiger partial charge in [-0.05, 0) is 18.9 Å². The molecule has 0 fully saturated rings. The molecule has 0 aliphatic heterocycles. The predicted octanol–water partition coefficient (Wildman–Crippen LogP) is 2.93. The summed E-state index contributed by atoms with van der Waals surface area (Å²) < 4.78 is 0. The second-order valence-electron chi connectivity index (χ2n) is 3.30. The van der Waals surface area contributed by atoms with E-state index in [-0.39, 0.29) is 5.78 Å². The molecule has 72 valence electrons. The van der Waals surface area contributed by atoms with Gasteiger partial charge in [-0.15, -0.1) is 0 Å². The molecule has 0 aliphatic rings. The van der Waals surface area contributed by atoms with Crippen molar-refractivity contribution in [2.75, 3.05) is 0 Å². The van der Waals surface area contributed by atoms with Gasteiger partial charge in [0.05, 0.1) is 6.57 Å². The zero-order valence-electron chi connectivity index (χ0n) is 8.50. The Bertz CT molecular complexity index is 388. The number of carbonyl (C=O) groups is 1. The molecule has 0 unspecified atom stereocenters. The van der Waals surface area contributed by atoms with Crippen LogP contribution in [-0.2, 0) is 17.6 Å². The predicted molar refractivity (Wildman–Crippen MR) is 56.5 cm³/mol. The Hall–Kier alpha value is -1.62. The van der Waals surface area contributed by atoms with Crippen LogP contribution in [0.1, 0.15) is 25.0 Å². The van der Waals surface area contributed by atoms with Gasteiger partial charge in [0.2, 0.25) is 0 Å². The Labute approximate surface area is 84.4 Å². The molecule has 0 atom stereocenters. The van der Waals surface area contributed by atoms with E-state index < -0.39 is 0 Å². The van der Waals surface area contributed by atoms with Gasteiger partial charge in [0.15, 0.2) is 5.69 Å². The summed E-state index contributed by atoms with van der Waals surface area (Å²) in [7, 11) is 0. The summed E-state index contributed by atoms with van der Waals surface area (Å²) in [5.74, 6) is 0.162. The molecule has 0 aliphatic carbocycles. The highest BCUT2D eigenvalue weighted by atomic mass is 16.1. The van der Waals surface area contributed by atoms with Gasteiger partial charge in [-0.2, -0.15) is 0 Å². The first-order chi connectivity index (χ1) is 6.67. The number of rotatable bonds is 3. The fourth-order valence-electron chi connectivity index (χ4n) is 1.45. The zero-order valence-corrected chi connectivity index (χ0v) is 8.50. The van der Waals surface area contributed by atoms with Gasteiger partial charge in [-0.3, -0.25) is 4.79 Å². The summed E-state index contributed by atoms with van der Waals surface area (Å²) in [6, 6.07) is 5.52. The molecule has 2 heteroatoms. The summed E-state index contributed by atoms with van der Waals surface area (Å²) in [6.07, 6.45) is 1.34. The third-order valence-corrected chi connectivity index (χ3v) is 2.14. The number of carbonyl (C=O) groups excluding carboxylic acids is 1. The van der Waals surface area contributed by atoms with Gasteiger partial charge < -0.3 is 0 Å². The summed E-state index contributed by atoms with van der Waals surface area (Å²) >= 11 is 0. The molecule has 0 saturated heterocycles. The minimum atomic E-state index is 0.162. The number of Topliss-reactive ketones (excluding diaryl/α,β-unsaturated/α-hetero) is 1. The Kier molecular flexibility index (Phi) is 3.41. The van der Waals surface area contributed by atoms with Gasteiger partial charge in [0.25, 0.3) is 0 Å². The van der Waals surface area contributed by atoms with Crippen LogP contribution in [0.15, 0.2) is 18.2 Å². The Morgan fingerprint density at radius 1 is 1.43 bits per heavy atom. The largest absolute Gasteiger partial charge is 0.300 e. The number of benzene rings is 1. The van der Waals surface area contributed by atoms with Crippen molar-refractivity contribution in [2.45, 2.75) is 26.7 Å². The van der Waals surface area contributed by atoms with Crippen LogP contribution in [0, 0.1) is 6.57 Å². The Balaban J connectivity index is 3.06. The average molecular weight is 187 g/mol. The molecule has 1 aromatic rings. The van der Waals surface area contributed by atoms with E-state index in [1.165, 1.54) is 0 Å². The van der Waals surface area contributed by atoms with Gasteiger partial charge in [0, 0.05) is 6.42 Å². The van der Waals surface area contributed by atoms with Crippen molar-refractivity contribution in [1.29, 1.82) is 0 Å². The van der Waals surface area contributed by atoms with Crippen molar-refractivity contribution in [3.05, 3.63) is 40.7 Å². The number of ketones is 1. The summed E-state index contributed by atoms with van der Waals surface area (Å²) in [6.45, 7) is 10.5. The maximum Gasteiger partial charge on any atom is 0.187 e. The lowest BCUT2D eigenvalue weighted by atomic mass is 10.0. The van der Waals surface area contributed by atoms with Crippen LogP contribution in [0.25, 0.3) is 4.85 Å². The van der Waals surface area contributed by atoms with E-state index in [1.54, 1.807) is 13.0 Å². The molecule has 0 spiro atoms. The molecule has 1 rings (SSSR count). The fraction of sp³-hybridized carbons (Fsp3) is 0.333. The van der Waals surface area contributed by atoms with Crippen LogP contribution < -0.4 is 0 Å². The molecule has 0 radical (unpaired) electrons. The van der Waals surface area contributed by atoms with Crippen LogP contribution >= 0.6 is 0 Å². The smallest absolute Gasteiger partial charge is 0.187 e. The van der Waals surface area contributed by atoms with Crippen molar-refractivity contribution in [1.82, 2.24) is 0 Å². The third kappa shape index (κ3) is 2.43. The number of hydrogen-bond donors (Lipinski definition) is 0. The minimum Gasteiger partial charge on any atom is -0.300 e. The molecule has 0 bridgehead atoms. The maximum absolute atomic E-state index is 11.0. The van der Waals surface area contributed by atoms with E-state index >= 15 is 0 Å². The van der Waals surface area contributed by atoms with Gasteiger partial charge >= 0.3 is 0 Å². The quantitative estimate of drug-likeness (QED) is 0.666. The van der Waals surface area contributed by atoms with Crippen molar-refractivity contribution >= 4 is 11.5 Å². The van der Waals surface area contributed by atoms with Crippen LogP contribution in [0.5, 0.6) is 0 Å². The molecule has 0 N–H and O–H groups in total. The third-order valence-electron chi connectivity index (χ3n) is 2.14. The molecule has 0 saturated carbocycles. The van der Waals surface area contributed by atoms with Crippen molar-refractivity contribution in [3.63, 3.8) is 0 Å². The van der Waals surface area contributed by atoms with E-state index in [9.17, 15) is 4.79 Å². The van der Waals surface area contributed by atoms with E-state index in [2.05, 4.69) is 4.85 Å². The Morgan fingerprint density at radius 3 is 2.64 bits per heavy atom. The maximum atomic E-state index is 11.0. The van der Waals surface area contributed by atoms with E-state index in [1.807, 2.05) is 19.1 Å². The second-order valence-corrected chi connectivity index (χ2v) is 3.30. The zero-order chi connectivity index (χ0) is 10.6. The van der Waals surface area contributed by atoms with Gasteiger partial charge in [-0.1, -0.05) is 30.7 Å². The molecule has 2 nitrogen and oxygen atoms in total. The topological polar surface area (TPSA) is 21.4 Å². The number of aryl methyl sites for hydroxylation is 1. The fourth-order valence-corrected chi connectivity index (χ4v) is 1.45. The standard InChI is InChI=1S/C12H13NO/c1-4-10-8-12(13-3)6-5-11(10)7-9(2)14/h5-6,8H,4,7H2,1-2H3. The number of hydrogen-bond acceptors (Lipinski definition) is 1. The molecular weight excluding hydrogens is 174 g/mol. The van der Waals surface area contributed by atoms with Crippen LogP contribution in [0.2, 0.25) is 0 Å². The second kappa shape index (κ2) is 4.57. The van der Waals surface area contributed by atoms with E-state index in [0.717, 1.165) is 17.5 Å². The molecule has 0 amide bonds. The number of nitrogens with zero attached hydrogens (tertiary/aromatic N) is 1. The molecular formula is C12H13NO. The highest BCUT2D eigenvalue weighted by Crippen LogP contribution is 2.19. The van der Waals surface area contributed by atoms with Crippen LogP contribution in [0.4, 0.5) is 5.69 Å². The highest BCUT2D eigenvalue weighted by molar-refractivity contribution is 5.78. The first kappa shape index (κ1) is 10.5. The van der Waals surface area contributed by atoms with Crippen molar-refractivity contribution < 1.29 is 4.79 Å². The van der Waals surface area contributed by atoms with Gasteiger partial charge in [-0.25, -0.2) is 4.85 Å². The summed E-state index contributed by atoms with van der Waals surface area (Å²) in [5.41, 5.74) is 2.80. The van der Waals surface area contributed by atoms with E-state index in [4.69, 9.17) is 6.57 Å². The van der Waals surface area contributed by atoms with Crippen LogP contribution in [0.3, 0.4) is 0 Å². The molecule has 0 aromatic heterocycles. The van der Waals surface area contributed by atoms with Crippen LogP contribution in [-0.4, -0.2) is 5.78 Å². The molecule has 14 heavy (non-hydrogen) atoms. The Morgan fingerprint density at radius 2 is 2.14 bits per heavy atom. The average Bonchev–Trinajstić information content (AvgIpc) is 2.17. The lowest BCUT2D eigenvalue weighted by Gasteiger charge is -2.06. The molecule has 0 heterocycles. The SMILES string of the molecule is [C-]#[N+]c1ccc(CC(C)=O)c(CC)c1. The van der Waals surface area contributed by atoms with Gasteiger partial charge in [0.1, 0.15) is 5.78 Å². The monoisotopic (exact) mass is 187 g/mol. The first-order valence-electron chi connectivity index (χ1n) is 4.66. The highest BCUT2D eigenvalue weighted by Gasteiger charge is 2.04. The minimum absolute atomic E-state index is 0.162. The first-order valence-corrected chi connectivity index (χ1v) is 4.66. The lowest BCUT2D eigenvalue weighted by Crippen LogP contribution is -1.99. The summed E-state index contributed by atoms with van der Waals surface area (Å²) in [5, 5.41) is 0. The lowest BCUT2D eigenvalue weighted by molar-refractivity contribution is -0.116.